The Morgan fingerprint density at radius 1 is 1.20 bits per heavy atom. The number of nitrogen functional groups attached to an aromatic ring is 1. The number of aliphatic hydroxyl groups is 1. The molecule has 1 amide bonds. The van der Waals surface area contributed by atoms with E-state index >= 15 is 0 Å². The predicted molar refractivity (Wildman–Crippen MR) is 103 cm³/mol. The number of amides is 1. The van der Waals surface area contributed by atoms with Crippen LogP contribution < -0.4 is 16.4 Å². The molecule has 25 heavy (non-hydrogen) atoms. The Hall–Kier alpha value is -2.57. The zero-order chi connectivity index (χ0) is 17.5. The van der Waals surface area contributed by atoms with Gasteiger partial charge in [-0.05, 0) is 30.7 Å². The first-order chi connectivity index (χ1) is 11.5. The minimum Gasteiger partial charge on any atom is -0.395 e. The molecule has 0 bridgehead atoms. The molecule has 7 heteroatoms. The van der Waals surface area contributed by atoms with Crippen molar-refractivity contribution in [3.05, 3.63) is 64.7 Å². The van der Waals surface area contributed by atoms with Gasteiger partial charge >= 0.3 is 0 Å². The molecule has 0 fully saturated rings. The van der Waals surface area contributed by atoms with E-state index in [4.69, 9.17) is 16.2 Å². The Balaban J connectivity index is 0.00000312. The lowest BCUT2D eigenvalue weighted by Crippen LogP contribution is -2.24. The Labute approximate surface area is 153 Å². The Bertz CT molecular complexity index is 750. The number of hydrogen-bond acceptors (Lipinski definition) is 4. The van der Waals surface area contributed by atoms with Crippen molar-refractivity contribution in [3.8, 4) is 0 Å². The van der Waals surface area contributed by atoms with Gasteiger partial charge in [-0.25, -0.2) is 0 Å². The predicted octanol–water partition coefficient (Wildman–Crippen LogP) is 2.04. The molecular weight excluding hydrogens is 340 g/mol. The monoisotopic (exact) mass is 362 g/mol. The second-order valence-corrected chi connectivity index (χ2v) is 5.49. The van der Waals surface area contributed by atoms with E-state index in [2.05, 4.69) is 10.6 Å². The number of carbonyl (C=O) groups excluding carboxylic acids is 1. The lowest BCUT2D eigenvalue weighted by atomic mass is 10.1. The highest BCUT2D eigenvalue weighted by Crippen LogP contribution is 2.18. The molecule has 6 nitrogen and oxygen atoms in total. The third-order valence-electron chi connectivity index (χ3n) is 3.57. The number of benzene rings is 2. The average molecular weight is 363 g/mol. The molecule has 0 radical (unpaired) electrons. The lowest BCUT2D eigenvalue weighted by molar-refractivity contribution is 0.0951. The summed E-state index contributed by atoms with van der Waals surface area (Å²) in [6.45, 7) is 2.63. The van der Waals surface area contributed by atoms with Gasteiger partial charge in [-0.2, -0.15) is 0 Å². The minimum absolute atomic E-state index is 0. The Morgan fingerprint density at radius 2 is 1.96 bits per heavy atom. The minimum atomic E-state index is -0.151. The highest BCUT2D eigenvalue weighted by atomic mass is 35.5. The van der Waals surface area contributed by atoms with E-state index in [1.807, 2.05) is 31.2 Å². The second-order valence-electron chi connectivity index (χ2n) is 5.49. The van der Waals surface area contributed by atoms with Gasteiger partial charge in [-0.1, -0.05) is 29.8 Å². The molecule has 0 spiro atoms. The highest BCUT2D eigenvalue weighted by Gasteiger charge is 2.09. The quantitative estimate of drug-likeness (QED) is 0.383. The summed E-state index contributed by atoms with van der Waals surface area (Å²) in [5, 5.41) is 22.5. The molecule has 2 aromatic rings. The van der Waals surface area contributed by atoms with Crippen LogP contribution in [-0.4, -0.2) is 30.0 Å². The number of carbonyl (C=O) groups is 1. The summed E-state index contributed by atoms with van der Waals surface area (Å²) in [4.78, 5) is 12.2. The van der Waals surface area contributed by atoms with Crippen molar-refractivity contribution in [2.24, 2.45) is 5.73 Å². The van der Waals surface area contributed by atoms with Crippen molar-refractivity contribution in [1.29, 1.82) is 5.41 Å². The summed E-state index contributed by atoms with van der Waals surface area (Å²) < 4.78 is 0. The molecule has 6 N–H and O–H groups in total. The molecule has 0 atom stereocenters. The van der Waals surface area contributed by atoms with Crippen LogP contribution in [0, 0.1) is 12.3 Å². The van der Waals surface area contributed by atoms with Crippen molar-refractivity contribution in [2.45, 2.75) is 13.5 Å². The molecule has 0 unspecified atom stereocenters. The maximum atomic E-state index is 12.2. The standard InChI is InChI=1S/C18H22N4O2.ClH/c1-12-3-2-4-14(9-12)18(24)22-11-15-6-5-13(17(19)20)10-16(15)21-7-8-23;/h2-6,9-10,21,23H,7-8,11H2,1H3,(H3,19,20)(H,22,24);1H. The fourth-order valence-corrected chi connectivity index (χ4v) is 2.32. The Morgan fingerprint density at radius 3 is 2.60 bits per heavy atom. The van der Waals surface area contributed by atoms with Gasteiger partial charge in [-0.3, -0.25) is 10.2 Å². The van der Waals surface area contributed by atoms with E-state index in [-0.39, 0.29) is 30.8 Å². The van der Waals surface area contributed by atoms with Crippen LogP contribution in [0.3, 0.4) is 0 Å². The Kier molecular flexibility index (Phi) is 7.91. The molecule has 0 saturated carbocycles. The third-order valence-corrected chi connectivity index (χ3v) is 3.57. The van der Waals surface area contributed by atoms with Crippen LogP contribution in [0.4, 0.5) is 5.69 Å². The van der Waals surface area contributed by atoms with E-state index in [0.717, 1.165) is 16.8 Å². The number of rotatable bonds is 7. The maximum Gasteiger partial charge on any atom is 0.251 e. The second kappa shape index (κ2) is 9.66. The van der Waals surface area contributed by atoms with Crippen molar-refractivity contribution in [3.63, 3.8) is 0 Å². The van der Waals surface area contributed by atoms with Gasteiger partial charge in [0.1, 0.15) is 5.84 Å². The molecule has 134 valence electrons. The summed E-state index contributed by atoms with van der Waals surface area (Å²) in [5.41, 5.74) is 9.33. The topological polar surface area (TPSA) is 111 Å². The molecule has 0 aliphatic carbocycles. The van der Waals surface area contributed by atoms with E-state index in [1.54, 1.807) is 18.2 Å². The third kappa shape index (κ3) is 5.77. The smallest absolute Gasteiger partial charge is 0.251 e. The first-order valence-corrected chi connectivity index (χ1v) is 7.68. The fourth-order valence-electron chi connectivity index (χ4n) is 2.32. The van der Waals surface area contributed by atoms with E-state index in [1.165, 1.54) is 0 Å². The van der Waals surface area contributed by atoms with E-state index in [9.17, 15) is 4.79 Å². The summed E-state index contributed by atoms with van der Waals surface area (Å²) in [7, 11) is 0. The number of halogens is 1. The molecule has 2 rings (SSSR count). The zero-order valence-electron chi connectivity index (χ0n) is 14.0. The molecule has 0 aliphatic heterocycles. The summed E-state index contributed by atoms with van der Waals surface area (Å²) in [6, 6.07) is 12.7. The number of aliphatic hydroxyl groups excluding tert-OH is 1. The first-order valence-electron chi connectivity index (χ1n) is 7.68. The molecule has 0 aromatic heterocycles. The molecule has 2 aromatic carbocycles. The normalized spacial score (nSPS) is 9.84. The number of hydrogen-bond donors (Lipinski definition) is 5. The maximum absolute atomic E-state index is 12.2. The van der Waals surface area contributed by atoms with Gasteiger partial charge < -0.3 is 21.5 Å². The van der Waals surface area contributed by atoms with E-state index < -0.39 is 0 Å². The SMILES string of the molecule is Cc1cccc(C(=O)NCc2ccc(C(=N)N)cc2NCCO)c1.Cl. The summed E-state index contributed by atoms with van der Waals surface area (Å²) >= 11 is 0. The van der Waals surface area contributed by atoms with Crippen LogP contribution >= 0.6 is 12.4 Å². The number of amidine groups is 1. The summed E-state index contributed by atoms with van der Waals surface area (Å²) in [6.07, 6.45) is 0. The van der Waals surface area contributed by atoms with Crippen LogP contribution in [0.1, 0.15) is 27.0 Å². The molecule has 0 saturated heterocycles. The van der Waals surface area contributed by atoms with Crippen molar-refractivity contribution in [1.82, 2.24) is 5.32 Å². The van der Waals surface area contributed by atoms with Crippen LogP contribution in [0.2, 0.25) is 0 Å². The molecule has 0 aliphatic rings. The van der Waals surface area contributed by atoms with Crippen molar-refractivity contribution < 1.29 is 9.90 Å². The van der Waals surface area contributed by atoms with Gasteiger partial charge in [0, 0.05) is 29.9 Å². The van der Waals surface area contributed by atoms with Crippen LogP contribution in [0.25, 0.3) is 0 Å². The van der Waals surface area contributed by atoms with Gasteiger partial charge in [0.15, 0.2) is 0 Å². The first kappa shape index (κ1) is 20.5. The van der Waals surface area contributed by atoms with Gasteiger partial charge in [0.05, 0.1) is 6.61 Å². The highest BCUT2D eigenvalue weighted by molar-refractivity contribution is 5.96. The van der Waals surface area contributed by atoms with Gasteiger partial charge in [0.25, 0.3) is 5.91 Å². The van der Waals surface area contributed by atoms with Crippen LogP contribution in [-0.2, 0) is 6.54 Å². The number of aryl methyl sites for hydroxylation is 1. The fraction of sp³-hybridized carbons (Fsp3) is 0.222. The van der Waals surface area contributed by atoms with Gasteiger partial charge in [0.2, 0.25) is 0 Å². The largest absolute Gasteiger partial charge is 0.395 e. The van der Waals surface area contributed by atoms with Crippen LogP contribution in [0.5, 0.6) is 0 Å². The van der Waals surface area contributed by atoms with Gasteiger partial charge in [-0.15, -0.1) is 12.4 Å². The average Bonchev–Trinajstić information content (AvgIpc) is 2.58. The van der Waals surface area contributed by atoms with E-state index in [0.29, 0.717) is 24.2 Å². The van der Waals surface area contributed by atoms with Crippen molar-refractivity contribution >= 4 is 29.8 Å². The zero-order valence-corrected chi connectivity index (χ0v) is 14.8. The lowest BCUT2D eigenvalue weighted by Gasteiger charge is -2.14. The summed E-state index contributed by atoms with van der Waals surface area (Å²) in [5.74, 6) is -0.181. The number of nitrogens with one attached hydrogen (secondary N) is 3. The molecule has 0 heterocycles. The van der Waals surface area contributed by atoms with Crippen molar-refractivity contribution in [2.75, 3.05) is 18.5 Å². The van der Waals surface area contributed by atoms with Crippen LogP contribution in [0.15, 0.2) is 42.5 Å². The molecular formula is C18H23ClN4O2. The number of anilines is 1. The number of nitrogens with two attached hydrogens (primary N) is 1.